The highest BCUT2D eigenvalue weighted by atomic mass is 32.2. The zero-order valence-electron chi connectivity index (χ0n) is 19.0. The van der Waals surface area contributed by atoms with E-state index in [2.05, 4.69) is 12.2 Å². The molecule has 2 atom stereocenters. The minimum absolute atomic E-state index is 0.00853. The maximum atomic E-state index is 12.6. The molecule has 1 amide bonds. The fraction of sp³-hybridized carbons (Fsp3) is 0.360. The summed E-state index contributed by atoms with van der Waals surface area (Å²) in [6, 6.07) is 12.8. The summed E-state index contributed by atoms with van der Waals surface area (Å²) in [7, 11) is -2.66. The van der Waals surface area contributed by atoms with Gasteiger partial charge in [0.1, 0.15) is 16.5 Å². The van der Waals surface area contributed by atoms with E-state index in [1.165, 1.54) is 37.5 Å². The van der Waals surface area contributed by atoms with E-state index in [4.69, 9.17) is 8.92 Å². The van der Waals surface area contributed by atoms with Crippen molar-refractivity contribution in [2.24, 2.45) is 5.92 Å². The second kappa shape index (κ2) is 10.5. The van der Waals surface area contributed by atoms with E-state index in [-0.39, 0.29) is 28.0 Å². The molecule has 3 rings (SSSR count). The van der Waals surface area contributed by atoms with Gasteiger partial charge in [0, 0.05) is 6.04 Å². The Balaban J connectivity index is 1.80. The monoisotopic (exact) mass is 468 g/mol. The van der Waals surface area contributed by atoms with Crippen LogP contribution in [0.1, 0.15) is 43.7 Å². The highest BCUT2D eigenvalue weighted by Crippen LogP contribution is 2.32. The molecule has 2 aromatic rings. The highest BCUT2D eigenvalue weighted by molar-refractivity contribution is 7.87. The molecule has 0 aromatic heterocycles. The lowest BCUT2D eigenvalue weighted by Crippen LogP contribution is -2.41. The lowest BCUT2D eigenvalue weighted by Gasteiger charge is -2.29. The van der Waals surface area contributed by atoms with Gasteiger partial charge in [-0.3, -0.25) is 4.79 Å². The number of benzene rings is 2. The van der Waals surface area contributed by atoms with Gasteiger partial charge in [0.15, 0.2) is 11.5 Å². The Bertz CT molecular complexity index is 1180. The van der Waals surface area contributed by atoms with Gasteiger partial charge in [0.2, 0.25) is 0 Å². The Labute approximate surface area is 195 Å². The molecule has 1 aliphatic carbocycles. The molecule has 0 spiro atoms. The molecular formula is C25H28N2O5S. The molecule has 1 aliphatic rings. The van der Waals surface area contributed by atoms with Gasteiger partial charge in [-0.15, -0.1) is 0 Å². The van der Waals surface area contributed by atoms with Crippen LogP contribution in [0.25, 0.3) is 6.08 Å². The van der Waals surface area contributed by atoms with Crippen molar-refractivity contribution in [3.8, 4) is 17.6 Å². The summed E-state index contributed by atoms with van der Waals surface area (Å²) >= 11 is 0. The molecule has 1 fully saturated rings. The van der Waals surface area contributed by atoms with Crippen LogP contribution in [0.5, 0.6) is 11.5 Å². The number of nitrogens with one attached hydrogen (secondary N) is 1. The van der Waals surface area contributed by atoms with Crippen molar-refractivity contribution >= 4 is 22.1 Å². The lowest BCUT2D eigenvalue weighted by molar-refractivity contribution is -0.118. The van der Waals surface area contributed by atoms with Gasteiger partial charge in [-0.2, -0.15) is 13.7 Å². The second-order valence-electron chi connectivity index (χ2n) is 8.27. The van der Waals surface area contributed by atoms with Crippen molar-refractivity contribution in [1.82, 2.24) is 5.32 Å². The van der Waals surface area contributed by atoms with Crippen LogP contribution >= 0.6 is 0 Å². The molecule has 1 N–H and O–H groups in total. The number of aryl methyl sites for hydroxylation is 1. The van der Waals surface area contributed by atoms with Crippen LogP contribution in [0.15, 0.2) is 52.9 Å². The van der Waals surface area contributed by atoms with E-state index in [1.807, 2.05) is 13.0 Å². The van der Waals surface area contributed by atoms with E-state index in [1.54, 1.807) is 18.2 Å². The first kappa shape index (κ1) is 24.3. The third-order valence-corrected chi connectivity index (χ3v) is 7.05. The molecule has 2 unspecified atom stereocenters. The van der Waals surface area contributed by atoms with Crippen LogP contribution < -0.4 is 14.2 Å². The summed E-state index contributed by atoms with van der Waals surface area (Å²) in [5, 5.41) is 12.5. The molecule has 8 heteroatoms. The highest BCUT2D eigenvalue weighted by Gasteiger charge is 2.24. The summed E-state index contributed by atoms with van der Waals surface area (Å²) in [4.78, 5) is 12.7. The number of methoxy groups -OCH3 is 1. The summed E-state index contributed by atoms with van der Waals surface area (Å²) in [5.41, 5.74) is 1.41. The zero-order valence-corrected chi connectivity index (χ0v) is 19.8. The quantitative estimate of drug-likeness (QED) is 0.367. The molecule has 0 bridgehead atoms. The van der Waals surface area contributed by atoms with Gasteiger partial charge in [0.25, 0.3) is 5.91 Å². The fourth-order valence-corrected chi connectivity index (χ4v) is 4.75. The number of hydrogen-bond donors (Lipinski definition) is 1. The molecule has 0 aliphatic heterocycles. The predicted molar refractivity (Wildman–Crippen MR) is 125 cm³/mol. The van der Waals surface area contributed by atoms with E-state index < -0.39 is 16.0 Å². The maximum absolute atomic E-state index is 12.6. The number of amides is 1. The number of carbonyl (C=O) groups excluding carboxylic acids is 1. The third kappa shape index (κ3) is 6.14. The minimum Gasteiger partial charge on any atom is -0.493 e. The smallest absolute Gasteiger partial charge is 0.339 e. The van der Waals surface area contributed by atoms with Crippen LogP contribution in [0.3, 0.4) is 0 Å². The molecule has 33 heavy (non-hydrogen) atoms. The van der Waals surface area contributed by atoms with E-state index in [0.29, 0.717) is 11.5 Å². The van der Waals surface area contributed by atoms with Crippen LogP contribution in [0.4, 0.5) is 0 Å². The maximum Gasteiger partial charge on any atom is 0.339 e. The van der Waals surface area contributed by atoms with Crippen LogP contribution in [-0.2, 0) is 14.9 Å². The van der Waals surface area contributed by atoms with Gasteiger partial charge < -0.3 is 14.2 Å². The first-order valence-electron chi connectivity index (χ1n) is 10.9. The van der Waals surface area contributed by atoms with Crippen molar-refractivity contribution in [3.05, 3.63) is 59.2 Å². The normalized spacial score (nSPS) is 18.8. The summed E-state index contributed by atoms with van der Waals surface area (Å²) < 4.78 is 35.8. The third-order valence-electron chi connectivity index (χ3n) is 5.80. The SMILES string of the molecule is COc1cc(/C=C(\C#N)C(=O)NC2CCCCC2C)ccc1OS(=O)(=O)c1ccc(C)cc1. The number of nitriles is 1. The zero-order chi connectivity index (χ0) is 24.0. The molecule has 174 valence electrons. The second-order valence-corrected chi connectivity index (χ2v) is 9.82. The summed E-state index contributed by atoms with van der Waals surface area (Å²) in [5.74, 6) is 0.124. The molecule has 7 nitrogen and oxygen atoms in total. The van der Waals surface area contributed by atoms with Crippen molar-refractivity contribution < 1.29 is 22.1 Å². The number of nitrogens with zero attached hydrogens (tertiary/aromatic N) is 1. The Morgan fingerprint density at radius 1 is 1.12 bits per heavy atom. The van der Waals surface area contributed by atoms with Crippen molar-refractivity contribution in [3.63, 3.8) is 0 Å². The van der Waals surface area contributed by atoms with E-state index in [0.717, 1.165) is 31.2 Å². The largest absolute Gasteiger partial charge is 0.493 e. The van der Waals surface area contributed by atoms with Crippen LogP contribution in [-0.4, -0.2) is 27.5 Å². The Morgan fingerprint density at radius 2 is 1.82 bits per heavy atom. The summed E-state index contributed by atoms with van der Waals surface area (Å²) in [6.07, 6.45) is 5.62. The Morgan fingerprint density at radius 3 is 2.45 bits per heavy atom. The van der Waals surface area contributed by atoms with Crippen LogP contribution in [0, 0.1) is 24.2 Å². The fourth-order valence-electron chi connectivity index (χ4n) is 3.81. The van der Waals surface area contributed by atoms with Crippen molar-refractivity contribution in [2.75, 3.05) is 7.11 Å². The van der Waals surface area contributed by atoms with Crippen molar-refractivity contribution in [1.29, 1.82) is 5.26 Å². The van der Waals surface area contributed by atoms with Gasteiger partial charge in [-0.05, 0) is 61.6 Å². The standard InChI is InChI=1S/C25H28N2O5S/c1-17-8-11-21(12-9-17)33(29,30)32-23-13-10-19(15-24(23)31-3)14-20(16-26)25(28)27-22-7-5-4-6-18(22)2/h8-15,18,22H,4-7H2,1-3H3,(H,27,28)/b20-14+. The van der Waals surface area contributed by atoms with E-state index in [9.17, 15) is 18.5 Å². The molecule has 2 aromatic carbocycles. The van der Waals surface area contributed by atoms with Gasteiger partial charge in [-0.1, -0.05) is 43.5 Å². The molecular weight excluding hydrogens is 440 g/mol. The lowest BCUT2D eigenvalue weighted by atomic mass is 9.86. The topological polar surface area (TPSA) is 105 Å². The number of rotatable bonds is 7. The summed E-state index contributed by atoms with van der Waals surface area (Å²) in [6.45, 7) is 3.96. The Kier molecular flexibility index (Phi) is 7.77. The minimum atomic E-state index is -4.05. The van der Waals surface area contributed by atoms with Gasteiger partial charge in [0.05, 0.1) is 7.11 Å². The average molecular weight is 469 g/mol. The average Bonchev–Trinajstić information content (AvgIpc) is 2.79. The first-order chi connectivity index (χ1) is 15.7. The van der Waals surface area contributed by atoms with Gasteiger partial charge >= 0.3 is 10.1 Å². The number of carbonyl (C=O) groups is 1. The van der Waals surface area contributed by atoms with E-state index >= 15 is 0 Å². The molecule has 0 heterocycles. The molecule has 0 radical (unpaired) electrons. The molecule has 1 saturated carbocycles. The van der Waals surface area contributed by atoms with Crippen LogP contribution in [0.2, 0.25) is 0 Å². The first-order valence-corrected chi connectivity index (χ1v) is 12.3. The van der Waals surface area contributed by atoms with Crippen molar-refractivity contribution in [2.45, 2.75) is 50.5 Å². The number of ether oxygens (including phenoxy) is 1. The Hall–Kier alpha value is -3.31. The van der Waals surface area contributed by atoms with Gasteiger partial charge in [-0.25, -0.2) is 0 Å². The predicted octanol–water partition coefficient (Wildman–Crippen LogP) is 4.37. The number of hydrogen-bond acceptors (Lipinski definition) is 6. The molecule has 0 saturated heterocycles.